The van der Waals surface area contributed by atoms with Crippen LogP contribution in [0.5, 0.6) is 0 Å². The first-order valence-corrected chi connectivity index (χ1v) is 10.0. The summed E-state index contributed by atoms with van der Waals surface area (Å²) >= 11 is 0. The summed E-state index contributed by atoms with van der Waals surface area (Å²) in [5, 5.41) is 4.12. The molecule has 4 rings (SSSR count). The molecule has 1 atom stereocenters. The van der Waals surface area contributed by atoms with Crippen LogP contribution in [0.2, 0.25) is 0 Å². The van der Waals surface area contributed by atoms with Crippen LogP contribution in [0.1, 0.15) is 36.3 Å². The Labute approximate surface area is 164 Å². The Morgan fingerprint density at radius 3 is 2.79 bits per heavy atom. The monoisotopic (exact) mass is 379 g/mol. The molecule has 5 heteroatoms. The molecule has 0 aliphatic carbocycles. The molecule has 1 amide bonds. The first-order chi connectivity index (χ1) is 13.7. The lowest BCUT2D eigenvalue weighted by Gasteiger charge is -2.19. The number of fused-ring (bicyclic) bond motifs is 1. The van der Waals surface area contributed by atoms with Crippen molar-refractivity contribution in [1.82, 2.24) is 15.2 Å². The van der Waals surface area contributed by atoms with Crippen LogP contribution >= 0.6 is 0 Å². The smallest absolute Gasteiger partial charge is 0.220 e. The van der Waals surface area contributed by atoms with Gasteiger partial charge in [0.2, 0.25) is 5.91 Å². The molecule has 0 saturated carbocycles. The maximum absolute atomic E-state index is 13.9. The molecular formula is C23H26FN3O. The van der Waals surface area contributed by atoms with Crippen molar-refractivity contribution in [3.05, 3.63) is 71.7 Å². The molecule has 3 aromatic rings. The van der Waals surface area contributed by atoms with E-state index >= 15 is 0 Å². The first kappa shape index (κ1) is 18.7. The molecule has 2 N–H and O–H groups in total. The fourth-order valence-corrected chi connectivity index (χ4v) is 4.13. The highest BCUT2D eigenvalue weighted by atomic mass is 19.1. The Morgan fingerprint density at radius 1 is 1.14 bits per heavy atom. The molecule has 1 aromatic heterocycles. The number of nitrogens with one attached hydrogen (secondary N) is 2. The summed E-state index contributed by atoms with van der Waals surface area (Å²) in [6.07, 6.45) is 4.73. The largest absolute Gasteiger partial charge is 0.361 e. The molecule has 0 bridgehead atoms. The third-order valence-corrected chi connectivity index (χ3v) is 5.59. The lowest BCUT2D eigenvalue weighted by Crippen LogP contribution is -2.34. The van der Waals surface area contributed by atoms with E-state index in [1.807, 2.05) is 36.5 Å². The van der Waals surface area contributed by atoms with E-state index in [1.54, 1.807) is 6.07 Å². The van der Waals surface area contributed by atoms with E-state index in [4.69, 9.17) is 0 Å². The summed E-state index contributed by atoms with van der Waals surface area (Å²) in [7, 11) is 0. The quantitative estimate of drug-likeness (QED) is 0.651. The van der Waals surface area contributed by atoms with Gasteiger partial charge in [-0.3, -0.25) is 4.79 Å². The van der Waals surface area contributed by atoms with Crippen LogP contribution in [0.3, 0.4) is 0 Å². The zero-order valence-electron chi connectivity index (χ0n) is 16.0. The number of aromatic amines is 1. The van der Waals surface area contributed by atoms with Crippen LogP contribution in [0.15, 0.2) is 54.7 Å². The third-order valence-electron chi connectivity index (χ3n) is 5.59. The van der Waals surface area contributed by atoms with Crippen molar-refractivity contribution in [1.29, 1.82) is 0 Å². The van der Waals surface area contributed by atoms with Gasteiger partial charge >= 0.3 is 0 Å². The molecule has 28 heavy (non-hydrogen) atoms. The fraction of sp³-hybridized carbons (Fsp3) is 0.348. The van der Waals surface area contributed by atoms with Crippen LogP contribution in [0.25, 0.3) is 10.9 Å². The van der Waals surface area contributed by atoms with Gasteiger partial charge < -0.3 is 15.2 Å². The Morgan fingerprint density at radius 2 is 1.96 bits per heavy atom. The number of aromatic nitrogens is 1. The first-order valence-electron chi connectivity index (χ1n) is 10.0. The summed E-state index contributed by atoms with van der Waals surface area (Å²) in [5.41, 5.74) is 2.86. The van der Waals surface area contributed by atoms with Gasteiger partial charge in [0.05, 0.1) is 0 Å². The van der Waals surface area contributed by atoms with E-state index in [-0.39, 0.29) is 17.6 Å². The third kappa shape index (κ3) is 4.25. The fourth-order valence-electron chi connectivity index (χ4n) is 4.13. The number of carbonyl (C=O) groups excluding carboxylic acids is 1. The number of likely N-dealkylation sites (tertiary alicyclic amines) is 1. The number of H-pyrrole nitrogens is 1. The van der Waals surface area contributed by atoms with Gasteiger partial charge in [-0.1, -0.05) is 30.3 Å². The highest BCUT2D eigenvalue weighted by molar-refractivity contribution is 5.86. The molecule has 1 aliphatic rings. The van der Waals surface area contributed by atoms with Crippen molar-refractivity contribution >= 4 is 16.8 Å². The van der Waals surface area contributed by atoms with E-state index in [0.717, 1.165) is 41.7 Å². The predicted octanol–water partition coefficient (Wildman–Crippen LogP) is 4.04. The van der Waals surface area contributed by atoms with Crippen molar-refractivity contribution in [2.75, 3.05) is 26.2 Å². The van der Waals surface area contributed by atoms with Crippen molar-refractivity contribution in [2.45, 2.75) is 25.2 Å². The van der Waals surface area contributed by atoms with Gasteiger partial charge in [0.15, 0.2) is 0 Å². The molecule has 0 unspecified atom stereocenters. The van der Waals surface area contributed by atoms with E-state index in [9.17, 15) is 9.18 Å². The number of para-hydroxylation sites is 1. The van der Waals surface area contributed by atoms with Gasteiger partial charge in [0.25, 0.3) is 0 Å². The lowest BCUT2D eigenvalue weighted by atomic mass is 9.88. The van der Waals surface area contributed by atoms with Crippen LogP contribution < -0.4 is 5.32 Å². The van der Waals surface area contributed by atoms with Gasteiger partial charge in [-0.2, -0.15) is 0 Å². The molecule has 4 nitrogen and oxygen atoms in total. The number of carbonyl (C=O) groups is 1. The minimum absolute atomic E-state index is 0.00117. The van der Waals surface area contributed by atoms with Crippen molar-refractivity contribution in [3.63, 3.8) is 0 Å². The number of hydrogen-bond donors (Lipinski definition) is 2. The maximum atomic E-state index is 13.9. The second-order valence-electron chi connectivity index (χ2n) is 7.50. The molecule has 1 aliphatic heterocycles. The summed E-state index contributed by atoms with van der Waals surface area (Å²) in [4.78, 5) is 18.3. The maximum Gasteiger partial charge on any atom is 0.220 e. The summed E-state index contributed by atoms with van der Waals surface area (Å²) in [6.45, 7) is 3.79. The number of hydrogen-bond acceptors (Lipinski definition) is 2. The molecular weight excluding hydrogens is 353 g/mol. The SMILES string of the molecule is O=C(C[C@@H](c1cccc(F)c1)c1c[nH]c2ccccc12)NCCN1CCCC1. The topological polar surface area (TPSA) is 48.1 Å². The number of amides is 1. The molecule has 1 saturated heterocycles. The minimum Gasteiger partial charge on any atom is -0.361 e. The molecule has 2 heterocycles. The summed E-state index contributed by atoms with van der Waals surface area (Å²) in [5.74, 6) is -0.478. The zero-order valence-corrected chi connectivity index (χ0v) is 16.0. The second-order valence-corrected chi connectivity index (χ2v) is 7.50. The zero-order chi connectivity index (χ0) is 19.3. The molecule has 1 fully saturated rings. The highest BCUT2D eigenvalue weighted by Gasteiger charge is 2.22. The van der Waals surface area contributed by atoms with E-state index < -0.39 is 0 Å². The van der Waals surface area contributed by atoms with Crippen LogP contribution in [0, 0.1) is 5.82 Å². The standard InChI is InChI=1S/C23H26FN3O/c24-18-7-5-6-17(14-18)20(21-16-26-22-9-2-1-8-19(21)22)15-23(28)25-10-13-27-11-3-4-12-27/h1-2,5-9,14,16,20,26H,3-4,10-13,15H2,(H,25,28)/t20-/m0/s1. The Balaban J connectivity index is 1.52. The van der Waals surface area contributed by atoms with Crippen LogP contribution in [-0.4, -0.2) is 42.0 Å². The van der Waals surface area contributed by atoms with Crippen LogP contribution in [-0.2, 0) is 4.79 Å². The van der Waals surface area contributed by atoms with Gasteiger partial charge in [0.1, 0.15) is 5.82 Å². The lowest BCUT2D eigenvalue weighted by molar-refractivity contribution is -0.121. The van der Waals surface area contributed by atoms with Crippen molar-refractivity contribution < 1.29 is 9.18 Å². The van der Waals surface area contributed by atoms with Crippen molar-refractivity contribution in [3.8, 4) is 0 Å². The van der Waals surface area contributed by atoms with Gasteiger partial charge in [-0.15, -0.1) is 0 Å². The molecule has 0 spiro atoms. The van der Waals surface area contributed by atoms with E-state index in [2.05, 4.69) is 15.2 Å². The highest BCUT2D eigenvalue weighted by Crippen LogP contribution is 2.33. The van der Waals surface area contributed by atoms with Crippen molar-refractivity contribution in [2.24, 2.45) is 0 Å². The van der Waals surface area contributed by atoms with Gasteiger partial charge in [0, 0.05) is 42.5 Å². The van der Waals surface area contributed by atoms with Gasteiger partial charge in [-0.05, 0) is 55.3 Å². The average Bonchev–Trinajstić information content (AvgIpc) is 3.36. The summed E-state index contributed by atoms with van der Waals surface area (Å²) in [6, 6.07) is 14.6. The molecule has 146 valence electrons. The normalized spacial score (nSPS) is 15.8. The number of benzene rings is 2. The Kier molecular flexibility index (Phi) is 5.72. The number of halogens is 1. The molecule has 0 radical (unpaired) electrons. The van der Waals surface area contributed by atoms with Gasteiger partial charge in [-0.25, -0.2) is 4.39 Å². The predicted molar refractivity (Wildman–Crippen MR) is 110 cm³/mol. The summed E-state index contributed by atoms with van der Waals surface area (Å²) < 4.78 is 13.9. The van der Waals surface area contributed by atoms with Crippen LogP contribution in [0.4, 0.5) is 4.39 Å². The minimum atomic E-state index is -0.281. The van der Waals surface area contributed by atoms with E-state index in [0.29, 0.717) is 13.0 Å². The Bertz CT molecular complexity index is 946. The Hall–Kier alpha value is -2.66. The molecule has 2 aromatic carbocycles. The average molecular weight is 379 g/mol. The van der Waals surface area contributed by atoms with E-state index in [1.165, 1.54) is 25.0 Å². The number of nitrogens with zero attached hydrogens (tertiary/aromatic N) is 1. The second kappa shape index (κ2) is 8.57. The number of rotatable bonds is 7.